The standard InChI is InChI=1S/C14H29N3/c1-14(2,13(15)16)9-6-10-17(3)11-12-7-4-5-8-12/h12H,4-11H2,1-3H3,(H3,15,16). The molecule has 3 N–H and O–H groups in total. The van der Waals surface area contributed by atoms with Gasteiger partial charge in [-0.25, -0.2) is 0 Å². The van der Waals surface area contributed by atoms with E-state index >= 15 is 0 Å². The Kier molecular flexibility index (Phi) is 5.44. The van der Waals surface area contributed by atoms with Gasteiger partial charge in [0.05, 0.1) is 5.84 Å². The number of rotatable bonds is 7. The largest absolute Gasteiger partial charge is 0.387 e. The van der Waals surface area contributed by atoms with E-state index in [2.05, 4.69) is 25.8 Å². The van der Waals surface area contributed by atoms with Gasteiger partial charge in [0.2, 0.25) is 0 Å². The summed E-state index contributed by atoms with van der Waals surface area (Å²) in [5.41, 5.74) is 5.46. The first-order valence-electron chi connectivity index (χ1n) is 6.95. The zero-order valence-corrected chi connectivity index (χ0v) is 11.8. The lowest BCUT2D eigenvalue weighted by Crippen LogP contribution is -2.32. The van der Waals surface area contributed by atoms with Gasteiger partial charge in [0.1, 0.15) is 0 Å². The van der Waals surface area contributed by atoms with Crippen molar-refractivity contribution in [3.8, 4) is 0 Å². The predicted molar refractivity (Wildman–Crippen MR) is 74.4 cm³/mol. The van der Waals surface area contributed by atoms with Gasteiger partial charge in [-0.15, -0.1) is 0 Å². The van der Waals surface area contributed by atoms with Crippen LogP contribution in [0.1, 0.15) is 52.4 Å². The van der Waals surface area contributed by atoms with Crippen LogP contribution >= 0.6 is 0 Å². The van der Waals surface area contributed by atoms with Crippen molar-refractivity contribution in [2.24, 2.45) is 17.1 Å². The number of nitrogens with two attached hydrogens (primary N) is 1. The maximum atomic E-state index is 7.53. The normalized spacial score (nSPS) is 17.9. The molecule has 0 aromatic rings. The highest BCUT2D eigenvalue weighted by Crippen LogP contribution is 2.26. The molecular weight excluding hydrogens is 210 g/mol. The number of hydrogen-bond donors (Lipinski definition) is 2. The van der Waals surface area contributed by atoms with Crippen molar-refractivity contribution in [1.82, 2.24) is 4.90 Å². The zero-order valence-electron chi connectivity index (χ0n) is 11.8. The van der Waals surface area contributed by atoms with Crippen LogP contribution in [0.2, 0.25) is 0 Å². The number of nitrogens with one attached hydrogen (secondary N) is 1. The SMILES string of the molecule is CN(CCCC(C)(C)C(=N)N)CC1CCCC1. The summed E-state index contributed by atoms with van der Waals surface area (Å²) < 4.78 is 0. The van der Waals surface area contributed by atoms with E-state index < -0.39 is 0 Å². The molecule has 1 rings (SSSR count). The lowest BCUT2D eigenvalue weighted by Gasteiger charge is -2.25. The van der Waals surface area contributed by atoms with E-state index in [0.717, 1.165) is 25.3 Å². The third-order valence-corrected chi connectivity index (χ3v) is 4.12. The fourth-order valence-corrected chi connectivity index (χ4v) is 2.65. The van der Waals surface area contributed by atoms with Crippen molar-refractivity contribution in [3.05, 3.63) is 0 Å². The summed E-state index contributed by atoms with van der Waals surface area (Å²) in [4.78, 5) is 2.45. The van der Waals surface area contributed by atoms with Gasteiger partial charge in [0, 0.05) is 12.0 Å². The molecule has 0 spiro atoms. The minimum absolute atomic E-state index is 0.131. The third kappa shape index (κ3) is 5.07. The lowest BCUT2D eigenvalue weighted by atomic mass is 9.86. The number of hydrogen-bond acceptors (Lipinski definition) is 2. The van der Waals surface area contributed by atoms with Crippen LogP contribution in [0.25, 0.3) is 0 Å². The first-order chi connectivity index (χ1) is 7.92. The fraction of sp³-hybridized carbons (Fsp3) is 0.929. The van der Waals surface area contributed by atoms with Gasteiger partial charge in [-0.3, -0.25) is 5.41 Å². The Morgan fingerprint density at radius 3 is 2.47 bits per heavy atom. The molecule has 1 aliphatic rings. The second kappa shape index (κ2) is 6.39. The number of nitrogens with zero attached hydrogens (tertiary/aromatic N) is 1. The Bertz CT molecular complexity index is 242. The Balaban J connectivity index is 2.15. The van der Waals surface area contributed by atoms with Gasteiger partial charge >= 0.3 is 0 Å². The van der Waals surface area contributed by atoms with Crippen LogP contribution in [-0.2, 0) is 0 Å². The molecule has 3 heteroatoms. The second-order valence-electron chi connectivity index (χ2n) is 6.31. The van der Waals surface area contributed by atoms with Gasteiger partial charge in [-0.1, -0.05) is 26.7 Å². The average Bonchev–Trinajstić information content (AvgIpc) is 2.69. The summed E-state index contributed by atoms with van der Waals surface area (Å²) in [6.45, 7) is 6.51. The minimum Gasteiger partial charge on any atom is -0.387 e. The van der Waals surface area contributed by atoms with Crippen LogP contribution in [0.5, 0.6) is 0 Å². The molecule has 1 saturated carbocycles. The topological polar surface area (TPSA) is 53.1 Å². The summed E-state index contributed by atoms with van der Waals surface area (Å²) in [6, 6.07) is 0. The van der Waals surface area contributed by atoms with E-state index in [4.69, 9.17) is 11.1 Å². The molecule has 0 amide bonds. The number of amidine groups is 1. The smallest absolute Gasteiger partial charge is 0.0963 e. The molecular formula is C14H29N3. The molecule has 0 aliphatic heterocycles. The van der Waals surface area contributed by atoms with Crippen molar-refractivity contribution in [2.45, 2.75) is 52.4 Å². The monoisotopic (exact) mass is 239 g/mol. The minimum atomic E-state index is -0.131. The zero-order chi connectivity index (χ0) is 12.9. The highest BCUT2D eigenvalue weighted by molar-refractivity contribution is 5.82. The summed E-state index contributed by atoms with van der Waals surface area (Å²) in [6.07, 6.45) is 7.84. The summed E-state index contributed by atoms with van der Waals surface area (Å²) >= 11 is 0. The van der Waals surface area contributed by atoms with Crippen LogP contribution in [0.4, 0.5) is 0 Å². The van der Waals surface area contributed by atoms with E-state index in [1.165, 1.54) is 32.2 Å². The van der Waals surface area contributed by atoms with Crippen LogP contribution in [0, 0.1) is 16.7 Å². The van der Waals surface area contributed by atoms with Crippen LogP contribution in [0.3, 0.4) is 0 Å². The van der Waals surface area contributed by atoms with Crippen molar-refractivity contribution < 1.29 is 0 Å². The van der Waals surface area contributed by atoms with Gasteiger partial charge in [0.15, 0.2) is 0 Å². The highest BCUT2D eigenvalue weighted by Gasteiger charge is 2.21. The molecule has 3 nitrogen and oxygen atoms in total. The van der Waals surface area contributed by atoms with Gasteiger partial charge in [-0.05, 0) is 45.2 Å². The first-order valence-corrected chi connectivity index (χ1v) is 6.95. The van der Waals surface area contributed by atoms with Crippen molar-refractivity contribution in [1.29, 1.82) is 5.41 Å². The molecule has 100 valence electrons. The summed E-state index contributed by atoms with van der Waals surface area (Å²) in [7, 11) is 2.22. The fourth-order valence-electron chi connectivity index (χ4n) is 2.65. The van der Waals surface area contributed by atoms with Crippen molar-refractivity contribution in [2.75, 3.05) is 20.1 Å². The maximum absolute atomic E-state index is 7.53. The third-order valence-electron chi connectivity index (χ3n) is 4.12. The van der Waals surface area contributed by atoms with Crippen LogP contribution in [0.15, 0.2) is 0 Å². The molecule has 0 aromatic carbocycles. The summed E-state index contributed by atoms with van der Waals surface area (Å²) in [5.74, 6) is 1.25. The molecule has 0 unspecified atom stereocenters. The molecule has 0 atom stereocenters. The van der Waals surface area contributed by atoms with E-state index in [1.807, 2.05) is 0 Å². The first kappa shape index (κ1) is 14.5. The van der Waals surface area contributed by atoms with Crippen molar-refractivity contribution in [3.63, 3.8) is 0 Å². The molecule has 0 aromatic heterocycles. The molecule has 0 saturated heterocycles. The molecule has 17 heavy (non-hydrogen) atoms. The van der Waals surface area contributed by atoms with E-state index in [0.29, 0.717) is 5.84 Å². The molecule has 0 heterocycles. The van der Waals surface area contributed by atoms with Gasteiger partial charge in [-0.2, -0.15) is 0 Å². The quantitative estimate of drug-likeness (QED) is 0.530. The van der Waals surface area contributed by atoms with Gasteiger partial charge < -0.3 is 10.6 Å². The Hall–Kier alpha value is -0.570. The van der Waals surface area contributed by atoms with Crippen LogP contribution in [-0.4, -0.2) is 30.9 Å². The second-order valence-corrected chi connectivity index (χ2v) is 6.31. The summed E-state index contributed by atoms with van der Waals surface area (Å²) in [5, 5.41) is 7.53. The molecule has 1 aliphatic carbocycles. The molecule has 1 fully saturated rings. The van der Waals surface area contributed by atoms with Crippen molar-refractivity contribution >= 4 is 5.84 Å². The maximum Gasteiger partial charge on any atom is 0.0963 e. The van der Waals surface area contributed by atoms with E-state index in [9.17, 15) is 0 Å². The Morgan fingerprint density at radius 2 is 1.94 bits per heavy atom. The Morgan fingerprint density at radius 1 is 1.35 bits per heavy atom. The Labute approximate surface area is 106 Å². The predicted octanol–water partition coefficient (Wildman–Crippen LogP) is 2.85. The average molecular weight is 239 g/mol. The lowest BCUT2D eigenvalue weighted by molar-refractivity contribution is 0.263. The van der Waals surface area contributed by atoms with Gasteiger partial charge in [0.25, 0.3) is 0 Å². The van der Waals surface area contributed by atoms with Crippen LogP contribution < -0.4 is 5.73 Å². The molecule has 0 bridgehead atoms. The highest BCUT2D eigenvalue weighted by atomic mass is 15.1. The van der Waals surface area contributed by atoms with E-state index in [-0.39, 0.29) is 5.41 Å². The molecule has 0 radical (unpaired) electrons. The van der Waals surface area contributed by atoms with E-state index in [1.54, 1.807) is 0 Å².